The van der Waals surface area contributed by atoms with Gasteiger partial charge in [0.15, 0.2) is 5.78 Å². The Morgan fingerprint density at radius 2 is 1.97 bits per heavy atom. The van der Waals surface area contributed by atoms with Crippen molar-refractivity contribution in [1.29, 1.82) is 0 Å². The number of carbonyl (C=O) groups is 2. The van der Waals surface area contributed by atoms with Gasteiger partial charge in [-0.1, -0.05) is 60.6 Å². The van der Waals surface area contributed by atoms with Crippen molar-refractivity contribution in [3.8, 4) is 0 Å². The molecule has 0 aliphatic carbocycles. The first-order chi connectivity index (χ1) is 15.5. The predicted octanol–water partition coefficient (Wildman–Crippen LogP) is 3.12. The van der Waals surface area contributed by atoms with Crippen molar-refractivity contribution in [3.05, 3.63) is 83.0 Å². The maximum Gasteiger partial charge on any atom is 0.253 e. The summed E-state index contributed by atoms with van der Waals surface area (Å²) in [5.74, 6) is 0.595. The third-order valence-electron chi connectivity index (χ3n) is 5.34. The van der Waals surface area contributed by atoms with Crippen molar-refractivity contribution < 1.29 is 18.8 Å². The maximum absolute atomic E-state index is 12.8. The van der Waals surface area contributed by atoms with Crippen LogP contribution in [0.3, 0.4) is 0 Å². The number of hydrogen-bond donors (Lipinski definition) is 1. The molecule has 1 aromatic heterocycles. The van der Waals surface area contributed by atoms with Crippen molar-refractivity contribution in [2.24, 2.45) is 4.99 Å². The Bertz CT molecular complexity index is 1140. The van der Waals surface area contributed by atoms with E-state index in [-0.39, 0.29) is 17.6 Å². The minimum absolute atomic E-state index is 0.0234. The summed E-state index contributed by atoms with van der Waals surface area (Å²) in [6, 6.07) is 18.5. The van der Waals surface area contributed by atoms with E-state index >= 15 is 0 Å². The van der Waals surface area contributed by atoms with Crippen LogP contribution in [0, 0.1) is 0 Å². The lowest BCUT2D eigenvalue weighted by Crippen LogP contribution is -2.29. The molecule has 0 radical (unpaired) electrons. The molecule has 0 spiro atoms. The normalized spacial score (nSPS) is 15.4. The molecule has 2 heterocycles. The van der Waals surface area contributed by atoms with Gasteiger partial charge in [0, 0.05) is 23.1 Å². The summed E-state index contributed by atoms with van der Waals surface area (Å²) >= 11 is 0. The van der Waals surface area contributed by atoms with Gasteiger partial charge in [-0.25, -0.2) is 0 Å². The molecule has 2 aromatic carbocycles. The molecule has 1 amide bonds. The predicted molar refractivity (Wildman–Crippen MR) is 119 cm³/mol. The summed E-state index contributed by atoms with van der Waals surface area (Å²) in [6.07, 6.45) is 0. The lowest BCUT2D eigenvalue weighted by atomic mass is 9.94. The van der Waals surface area contributed by atoms with Crippen LogP contribution in [0.15, 0.2) is 70.2 Å². The highest BCUT2D eigenvalue weighted by Gasteiger charge is 2.21. The molecule has 3 aromatic rings. The van der Waals surface area contributed by atoms with E-state index in [1.165, 1.54) is 7.11 Å². The summed E-state index contributed by atoms with van der Waals surface area (Å²) in [6.45, 7) is 3.14. The first-order valence-corrected chi connectivity index (χ1v) is 10.3. The quantitative estimate of drug-likeness (QED) is 0.350. The molecule has 0 bridgehead atoms. The summed E-state index contributed by atoms with van der Waals surface area (Å²) in [7, 11) is 1.53. The largest absolute Gasteiger partial charge is 0.483 e. The Labute approximate surface area is 185 Å². The Balaban J connectivity index is 1.49. The molecule has 1 saturated heterocycles. The van der Waals surface area contributed by atoms with Crippen molar-refractivity contribution in [2.45, 2.75) is 12.8 Å². The van der Waals surface area contributed by atoms with E-state index in [1.54, 1.807) is 6.07 Å². The van der Waals surface area contributed by atoms with Gasteiger partial charge in [-0.3, -0.25) is 14.5 Å². The topological polar surface area (TPSA) is 97.0 Å². The van der Waals surface area contributed by atoms with Crippen LogP contribution in [-0.4, -0.2) is 54.5 Å². The standard InChI is InChI=1S/C24H24N4O4/c1-16(18-9-6-10-19(11-18)24(30)17-7-4-3-5-8-17)20-12-22(32-27-20)26-23(31-2)14-28-13-21(29)25-15-28/h3-12,16H,13-15H2,1-2H3,(H,25,29). The highest BCUT2D eigenvalue weighted by molar-refractivity contribution is 6.09. The SMILES string of the molecule is COC(CN1CNC(=O)C1)=Nc1cc(C(C)c2cccc(C(=O)c3ccccc3)c2)no1. The zero-order chi connectivity index (χ0) is 22.5. The van der Waals surface area contributed by atoms with Gasteiger partial charge in [-0.15, -0.1) is 0 Å². The minimum Gasteiger partial charge on any atom is -0.483 e. The van der Waals surface area contributed by atoms with E-state index in [4.69, 9.17) is 9.26 Å². The van der Waals surface area contributed by atoms with E-state index in [0.29, 0.717) is 48.4 Å². The molecule has 1 unspecified atom stereocenters. The Hall–Kier alpha value is -3.78. The number of ether oxygens (including phenoxy) is 1. The summed E-state index contributed by atoms with van der Waals surface area (Å²) in [5.41, 5.74) is 2.92. The van der Waals surface area contributed by atoms with Crippen LogP contribution >= 0.6 is 0 Å². The van der Waals surface area contributed by atoms with E-state index in [9.17, 15) is 9.59 Å². The number of carbonyl (C=O) groups excluding carboxylic acids is 2. The zero-order valence-electron chi connectivity index (χ0n) is 17.9. The molecule has 0 saturated carbocycles. The molecule has 1 aliphatic heterocycles. The highest BCUT2D eigenvalue weighted by atomic mass is 16.5. The number of hydrogen-bond acceptors (Lipinski definition) is 7. The summed E-state index contributed by atoms with van der Waals surface area (Å²) in [4.78, 5) is 30.4. The molecular formula is C24H24N4O4. The number of amides is 1. The van der Waals surface area contributed by atoms with Gasteiger partial charge in [-0.05, 0) is 11.6 Å². The van der Waals surface area contributed by atoms with Crippen LogP contribution in [0.25, 0.3) is 0 Å². The molecule has 32 heavy (non-hydrogen) atoms. The first kappa shape index (κ1) is 21.5. The van der Waals surface area contributed by atoms with Crippen LogP contribution in [0.5, 0.6) is 0 Å². The van der Waals surface area contributed by atoms with E-state index in [0.717, 1.165) is 5.56 Å². The van der Waals surface area contributed by atoms with Crippen molar-refractivity contribution >= 4 is 23.5 Å². The van der Waals surface area contributed by atoms with Gasteiger partial charge >= 0.3 is 0 Å². The van der Waals surface area contributed by atoms with Crippen LogP contribution in [0.4, 0.5) is 5.88 Å². The number of rotatable bonds is 7. The Morgan fingerprint density at radius 1 is 1.19 bits per heavy atom. The zero-order valence-corrected chi connectivity index (χ0v) is 17.9. The number of nitrogens with zero attached hydrogens (tertiary/aromatic N) is 3. The van der Waals surface area contributed by atoms with Crippen molar-refractivity contribution in [1.82, 2.24) is 15.4 Å². The van der Waals surface area contributed by atoms with Gasteiger partial charge in [-0.2, -0.15) is 4.99 Å². The lowest BCUT2D eigenvalue weighted by Gasteiger charge is -2.12. The van der Waals surface area contributed by atoms with Gasteiger partial charge in [0.1, 0.15) is 0 Å². The molecule has 1 atom stereocenters. The third-order valence-corrected chi connectivity index (χ3v) is 5.34. The summed E-state index contributed by atoms with van der Waals surface area (Å²) < 4.78 is 10.7. The van der Waals surface area contributed by atoms with Gasteiger partial charge in [0.05, 0.1) is 32.6 Å². The first-order valence-electron chi connectivity index (χ1n) is 10.3. The second kappa shape index (κ2) is 9.57. The number of nitrogens with one attached hydrogen (secondary N) is 1. The molecule has 1 aliphatic rings. The molecule has 4 rings (SSSR count). The van der Waals surface area contributed by atoms with E-state index in [2.05, 4.69) is 15.5 Å². The van der Waals surface area contributed by atoms with E-state index < -0.39 is 0 Å². The molecule has 1 fully saturated rings. The van der Waals surface area contributed by atoms with Crippen LogP contribution < -0.4 is 5.32 Å². The maximum atomic E-state index is 12.8. The number of aromatic nitrogens is 1. The van der Waals surface area contributed by atoms with E-state index in [1.807, 2.05) is 66.4 Å². The number of methoxy groups -OCH3 is 1. The van der Waals surface area contributed by atoms with Crippen LogP contribution in [0.2, 0.25) is 0 Å². The lowest BCUT2D eigenvalue weighted by molar-refractivity contribution is -0.118. The van der Waals surface area contributed by atoms with Crippen LogP contribution in [-0.2, 0) is 9.53 Å². The number of aliphatic imine (C=N–C) groups is 1. The third kappa shape index (κ3) is 4.92. The fourth-order valence-corrected chi connectivity index (χ4v) is 3.50. The van der Waals surface area contributed by atoms with Gasteiger partial charge in [0.25, 0.3) is 5.88 Å². The molecule has 8 heteroatoms. The average molecular weight is 432 g/mol. The number of benzene rings is 2. The molecule has 164 valence electrons. The summed E-state index contributed by atoms with van der Waals surface area (Å²) in [5, 5.41) is 6.89. The van der Waals surface area contributed by atoms with Crippen molar-refractivity contribution in [2.75, 3.05) is 26.9 Å². The fourth-order valence-electron chi connectivity index (χ4n) is 3.50. The molecule has 8 nitrogen and oxygen atoms in total. The molecular weight excluding hydrogens is 408 g/mol. The second-order valence-electron chi connectivity index (χ2n) is 7.59. The Kier molecular flexibility index (Phi) is 6.42. The fraction of sp³-hybridized carbons (Fsp3) is 0.250. The second-order valence-corrected chi connectivity index (χ2v) is 7.59. The van der Waals surface area contributed by atoms with Crippen LogP contribution in [0.1, 0.15) is 40.0 Å². The average Bonchev–Trinajstić information content (AvgIpc) is 3.47. The highest BCUT2D eigenvalue weighted by Crippen LogP contribution is 2.27. The minimum atomic E-state index is -0.0994. The smallest absolute Gasteiger partial charge is 0.253 e. The van der Waals surface area contributed by atoms with Crippen molar-refractivity contribution in [3.63, 3.8) is 0 Å². The molecule has 1 N–H and O–H groups in total. The van der Waals surface area contributed by atoms with Gasteiger partial charge in [0.2, 0.25) is 11.8 Å². The Morgan fingerprint density at radius 3 is 2.69 bits per heavy atom. The monoisotopic (exact) mass is 432 g/mol. The van der Waals surface area contributed by atoms with Gasteiger partial charge < -0.3 is 14.6 Å². The number of ketones is 1.